The van der Waals surface area contributed by atoms with Crippen LogP contribution in [0.1, 0.15) is 31.2 Å². The molecule has 0 atom stereocenters. The molecule has 0 bridgehead atoms. The summed E-state index contributed by atoms with van der Waals surface area (Å²) in [4.78, 5) is 15.2. The summed E-state index contributed by atoms with van der Waals surface area (Å²) in [5.74, 6) is 0.762. The van der Waals surface area contributed by atoms with Crippen molar-refractivity contribution in [2.45, 2.75) is 32.2 Å². The molecule has 0 radical (unpaired) electrons. The molecule has 1 amide bonds. The number of hydrogen-bond acceptors (Lipinski definition) is 4. The Morgan fingerprint density at radius 1 is 1.06 bits per heavy atom. The molecule has 1 aliphatic carbocycles. The molecule has 4 rings (SSSR count). The smallest absolute Gasteiger partial charge is 0.251 e. The van der Waals surface area contributed by atoms with Crippen molar-refractivity contribution in [3.8, 4) is 5.75 Å². The van der Waals surface area contributed by atoms with Crippen LogP contribution in [0, 0.1) is 0 Å². The predicted octanol–water partition coefficient (Wildman–Crippen LogP) is 4.99. The van der Waals surface area contributed by atoms with E-state index in [0.717, 1.165) is 59.5 Å². The summed E-state index contributed by atoms with van der Waals surface area (Å²) in [6, 6.07) is 17.9. The lowest BCUT2D eigenvalue weighted by Crippen LogP contribution is -2.18. The van der Waals surface area contributed by atoms with Gasteiger partial charge in [-0.05, 0) is 79.3 Å². The minimum absolute atomic E-state index is 0.0104. The average molecular weight is 431 g/mol. The lowest BCUT2D eigenvalue weighted by Gasteiger charge is -2.21. The van der Waals surface area contributed by atoms with Crippen molar-refractivity contribution in [3.63, 3.8) is 0 Å². The van der Waals surface area contributed by atoms with Gasteiger partial charge in [-0.3, -0.25) is 9.48 Å². The van der Waals surface area contributed by atoms with Crippen molar-refractivity contribution >= 4 is 22.9 Å². The van der Waals surface area contributed by atoms with Gasteiger partial charge in [-0.25, -0.2) is 0 Å². The highest BCUT2D eigenvalue weighted by Crippen LogP contribution is 2.34. The summed E-state index contributed by atoms with van der Waals surface area (Å²) in [6.07, 6.45) is 7.58. The van der Waals surface area contributed by atoms with E-state index in [9.17, 15) is 4.79 Å². The van der Waals surface area contributed by atoms with Crippen molar-refractivity contribution in [1.29, 1.82) is 0 Å². The molecule has 3 aromatic rings. The highest BCUT2D eigenvalue weighted by molar-refractivity contribution is 6.09. The second kappa shape index (κ2) is 10.2. The monoisotopic (exact) mass is 430 g/mol. The quantitative estimate of drug-likeness (QED) is 0.547. The number of ether oxygens (including phenoxy) is 1. The first-order valence-corrected chi connectivity index (χ1v) is 11.1. The first-order valence-electron chi connectivity index (χ1n) is 11.1. The van der Waals surface area contributed by atoms with Crippen LogP contribution in [-0.4, -0.2) is 36.4 Å². The lowest BCUT2D eigenvalue weighted by atomic mass is 9.87. The molecule has 32 heavy (non-hydrogen) atoms. The lowest BCUT2D eigenvalue weighted by molar-refractivity contribution is -0.113. The summed E-state index contributed by atoms with van der Waals surface area (Å²) in [7, 11) is 4.06. The number of benzene rings is 2. The number of allylic oxidation sites excluding steroid dienone is 1. The number of nitrogens with one attached hydrogen (secondary N) is 1. The topological polar surface area (TPSA) is 59.4 Å². The van der Waals surface area contributed by atoms with Gasteiger partial charge in [0.05, 0.1) is 6.54 Å². The van der Waals surface area contributed by atoms with Crippen molar-refractivity contribution in [2.24, 2.45) is 0 Å². The van der Waals surface area contributed by atoms with Crippen LogP contribution in [0.4, 0.5) is 11.4 Å². The van der Waals surface area contributed by atoms with E-state index >= 15 is 0 Å². The van der Waals surface area contributed by atoms with Crippen LogP contribution >= 0.6 is 0 Å². The van der Waals surface area contributed by atoms with Crippen LogP contribution in [0.2, 0.25) is 0 Å². The number of rotatable bonds is 8. The molecule has 6 heteroatoms. The van der Waals surface area contributed by atoms with E-state index in [2.05, 4.69) is 39.6 Å². The number of amides is 1. The SMILES string of the molecule is CN(C)c1ccc(C2=C(C(=O)Nc3ccc(OCCn4cccn4)cc3)CCCC2)cc1. The van der Waals surface area contributed by atoms with Gasteiger partial charge in [-0.2, -0.15) is 5.10 Å². The minimum Gasteiger partial charge on any atom is -0.492 e. The summed E-state index contributed by atoms with van der Waals surface area (Å²) >= 11 is 0. The fraction of sp³-hybridized carbons (Fsp3) is 0.308. The molecule has 0 saturated carbocycles. The molecule has 1 aliphatic rings. The molecule has 0 unspecified atom stereocenters. The third-order valence-electron chi connectivity index (χ3n) is 5.73. The molecule has 1 N–H and O–H groups in total. The van der Waals surface area contributed by atoms with E-state index in [0.29, 0.717) is 13.2 Å². The first kappa shape index (κ1) is 21.7. The molecule has 0 aliphatic heterocycles. The van der Waals surface area contributed by atoms with Crippen LogP contribution in [0.5, 0.6) is 5.75 Å². The molecule has 0 spiro atoms. The normalized spacial score (nSPS) is 13.7. The fourth-order valence-electron chi connectivity index (χ4n) is 3.97. The van der Waals surface area contributed by atoms with E-state index in [1.54, 1.807) is 6.20 Å². The Hall–Kier alpha value is -3.54. The van der Waals surface area contributed by atoms with Crippen LogP contribution in [0.15, 0.2) is 72.6 Å². The van der Waals surface area contributed by atoms with E-state index in [4.69, 9.17) is 4.74 Å². The number of hydrogen-bond donors (Lipinski definition) is 1. The van der Waals surface area contributed by atoms with Crippen LogP contribution < -0.4 is 15.0 Å². The van der Waals surface area contributed by atoms with Gasteiger partial charge in [0.15, 0.2) is 0 Å². The zero-order valence-electron chi connectivity index (χ0n) is 18.8. The van der Waals surface area contributed by atoms with Crippen molar-refractivity contribution in [3.05, 3.63) is 78.1 Å². The highest BCUT2D eigenvalue weighted by Gasteiger charge is 2.20. The largest absolute Gasteiger partial charge is 0.492 e. The number of nitrogens with zero attached hydrogens (tertiary/aromatic N) is 3. The van der Waals surface area contributed by atoms with E-state index in [1.807, 2.05) is 55.3 Å². The Bertz CT molecular complexity index is 1050. The van der Waals surface area contributed by atoms with Crippen molar-refractivity contribution in [2.75, 3.05) is 30.9 Å². The molecule has 1 aromatic heterocycles. The molecule has 2 aromatic carbocycles. The van der Waals surface area contributed by atoms with Crippen molar-refractivity contribution in [1.82, 2.24) is 9.78 Å². The van der Waals surface area contributed by atoms with E-state index in [-0.39, 0.29) is 5.91 Å². The maximum absolute atomic E-state index is 13.1. The number of anilines is 2. The Morgan fingerprint density at radius 2 is 1.81 bits per heavy atom. The number of carbonyl (C=O) groups is 1. The van der Waals surface area contributed by atoms with Crippen LogP contribution in [0.3, 0.4) is 0 Å². The van der Waals surface area contributed by atoms with Gasteiger partial charge < -0.3 is 15.0 Å². The standard InChI is InChI=1S/C26H30N4O2/c1-29(2)22-12-8-20(9-13-22)24-6-3-4-7-25(24)26(31)28-21-10-14-23(15-11-21)32-19-18-30-17-5-16-27-30/h5,8-17H,3-4,6-7,18-19H2,1-2H3,(H,28,31). The molecular weight excluding hydrogens is 400 g/mol. The molecule has 0 saturated heterocycles. The van der Waals surface area contributed by atoms with Gasteiger partial charge in [0.2, 0.25) is 0 Å². The summed E-state index contributed by atoms with van der Waals surface area (Å²) in [5.41, 5.74) is 5.13. The Kier molecular flexibility index (Phi) is 6.90. The number of carbonyl (C=O) groups excluding carboxylic acids is 1. The van der Waals surface area contributed by atoms with Gasteiger partial charge in [-0.1, -0.05) is 12.1 Å². The first-order chi connectivity index (χ1) is 15.6. The minimum atomic E-state index is -0.0104. The molecule has 1 heterocycles. The van der Waals surface area contributed by atoms with Crippen LogP contribution in [-0.2, 0) is 11.3 Å². The molecule has 0 fully saturated rings. The maximum Gasteiger partial charge on any atom is 0.251 e. The molecular formula is C26H30N4O2. The summed E-state index contributed by atoms with van der Waals surface area (Å²) in [6.45, 7) is 1.23. The Labute approximate surface area is 189 Å². The number of aromatic nitrogens is 2. The molecule has 166 valence electrons. The van der Waals surface area contributed by atoms with Gasteiger partial charge in [0, 0.05) is 43.4 Å². The van der Waals surface area contributed by atoms with Crippen LogP contribution in [0.25, 0.3) is 5.57 Å². The van der Waals surface area contributed by atoms with Crippen molar-refractivity contribution < 1.29 is 9.53 Å². The second-order valence-electron chi connectivity index (χ2n) is 8.20. The van der Waals surface area contributed by atoms with Gasteiger partial charge >= 0.3 is 0 Å². The Morgan fingerprint density at radius 3 is 2.50 bits per heavy atom. The van der Waals surface area contributed by atoms with Gasteiger partial charge in [-0.15, -0.1) is 0 Å². The highest BCUT2D eigenvalue weighted by atomic mass is 16.5. The maximum atomic E-state index is 13.1. The van der Waals surface area contributed by atoms with E-state index in [1.165, 1.54) is 0 Å². The zero-order valence-corrected chi connectivity index (χ0v) is 18.8. The second-order valence-corrected chi connectivity index (χ2v) is 8.20. The Balaban J connectivity index is 1.40. The van der Waals surface area contributed by atoms with E-state index < -0.39 is 0 Å². The fourth-order valence-corrected chi connectivity index (χ4v) is 3.97. The average Bonchev–Trinajstić information content (AvgIpc) is 3.34. The zero-order chi connectivity index (χ0) is 22.3. The summed E-state index contributed by atoms with van der Waals surface area (Å²) < 4.78 is 7.60. The summed E-state index contributed by atoms with van der Waals surface area (Å²) in [5, 5.41) is 7.23. The van der Waals surface area contributed by atoms with Gasteiger partial charge in [0.25, 0.3) is 5.91 Å². The van der Waals surface area contributed by atoms with Gasteiger partial charge in [0.1, 0.15) is 12.4 Å². The predicted molar refractivity (Wildman–Crippen MR) is 129 cm³/mol. The molecule has 6 nitrogen and oxygen atoms in total. The third-order valence-corrected chi connectivity index (χ3v) is 5.73. The third kappa shape index (κ3) is 5.38.